The molecule has 1 amide bonds. The van der Waals surface area contributed by atoms with E-state index in [1.54, 1.807) is 18.3 Å². The van der Waals surface area contributed by atoms with Gasteiger partial charge in [-0.25, -0.2) is 4.98 Å². The molecule has 1 N–H and O–H groups in total. The Labute approximate surface area is 115 Å². The molecule has 0 aliphatic heterocycles. The van der Waals surface area contributed by atoms with Gasteiger partial charge in [0.25, 0.3) is 5.91 Å². The van der Waals surface area contributed by atoms with Crippen molar-refractivity contribution < 1.29 is 4.79 Å². The van der Waals surface area contributed by atoms with E-state index < -0.39 is 0 Å². The van der Waals surface area contributed by atoms with Gasteiger partial charge in [0.05, 0.1) is 0 Å². The van der Waals surface area contributed by atoms with Crippen LogP contribution in [0.4, 0.5) is 0 Å². The van der Waals surface area contributed by atoms with Crippen molar-refractivity contribution in [1.82, 2.24) is 10.3 Å². The van der Waals surface area contributed by atoms with Crippen LogP contribution >= 0.6 is 27.5 Å². The van der Waals surface area contributed by atoms with Gasteiger partial charge in [-0.3, -0.25) is 4.79 Å². The van der Waals surface area contributed by atoms with E-state index in [9.17, 15) is 4.79 Å². The first kappa shape index (κ1) is 14.5. The Morgan fingerprint density at radius 1 is 1.59 bits per heavy atom. The van der Waals surface area contributed by atoms with Crippen molar-refractivity contribution in [1.29, 1.82) is 0 Å². The molecule has 0 saturated heterocycles. The van der Waals surface area contributed by atoms with Crippen LogP contribution in [0.15, 0.2) is 22.8 Å². The number of nitrogens with one attached hydrogen (secondary N) is 1. The zero-order valence-electron chi connectivity index (χ0n) is 9.96. The highest BCUT2D eigenvalue weighted by molar-refractivity contribution is 9.10. The number of carbonyl (C=O) groups excluding carboxylic acids is 1. The lowest BCUT2D eigenvalue weighted by Crippen LogP contribution is -2.34. The molecule has 0 fully saturated rings. The van der Waals surface area contributed by atoms with Gasteiger partial charge in [0.2, 0.25) is 0 Å². The molecule has 0 bridgehead atoms. The summed E-state index contributed by atoms with van der Waals surface area (Å²) in [6.07, 6.45) is 2.46. The summed E-state index contributed by atoms with van der Waals surface area (Å²) < 4.78 is 0.702. The molecule has 0 aliphatic carbocycles. The van der Waals surface area contributed by atoms with Crippen molar-refractivity contribution in [2.75, 3.05) is 12.4 Å². The van der Waals surface area contributed by atoms with E-state index in [-0.39, 0.29) is 11.3 Å². The van der Waals surface area contributed by atoms with Crippen molar-refractivity contribution in [3.05, 3.63) is 28.5 Å². The van der Waals surface area contributed by atoms with Crippen LogP contribution in [-0.4, -0.2) is 23.3 Å². The van der Waals surface area contributed by atoms with Crippen LogP contribution in [0, 0.1) is 5.41 Å². The zero-order chi connectivity index (χ0) is 12.9. The Morgan fingerprint density at radius 3 is 2.88 bits per heavy atom. The molecule has 0 aliphatic rings. The predicted molar refractivity (Wildman–Crippen MR) is 73.4 cm³/mol. The Balaban J connectivity index is 2.59. The van der Waals surface area contributed by atoms with E-state index in [4.69, 9.17) is 11.6 Å². The molecule has 0 unspecified atom stereocenters. The highest BCUT2D eigenvalue weighted by atomic mass is 79.9. The third kappa shape index (κ3) is 4.64. The third-order valence-electron chi connectivity index (χ3n) is 2.47. The Bertz CT molecular complexity index is 396. The number of hydrogen-bond acceptors (Lipinski definition) is 2. The molecule has 1 heterocycles. The van der Waals surface area contributed by atoms with Crippen molar-refractivity contribution in [3.63, 3.8) is 0 Å². The van der Waals surface area contributed by atoms with Crippen LogP contribution in [0.5, 0.6) is 0 Å². The molecule has 17 heavy (non-hydrogen) atoms. The normalized spacial score (nSPS) is 11.3. The van der Waals surface area contributed by atoms with Gasteiger partial charge in [0.1, 0.15) is 5.69 Å². The van der Waals surface area contributed by atoms with E-state index in [2.05, 4.69) is 40.1 Å². The lowest BCUT2D eigenvalue weighted by Gasteiger charge is -2.23. The molecule has 3 nitrogen and oxygen atoms in total. The molecule has 0 aromatic carbocycles. The number of carbonyl (C=O) groups is 1. The summed E-state index contributed by atoms with van der Waals surface area (Å²) in [6.45, 7) is 4.73. The molecular weight excluding hydrogens is 304 g/mol. The molecule has 0 spiro atoms. The van der Waals surface area contributed by atoms with E-state index >= 15 is 0 Å². The topological polar surface area (TPSA) is 42.0 Å². The number of alkyl halides is 1. The maximum absolute atomic E-state index is 11.9. The summed E-state index contributed by atoms with van der Waals surface area (Å²) in [5.41, 5.74) is 0.410. The molecule has 1 aromatic heterocycles. The summed E-state index contributed by atoms with van der Waals surface area (Å²) in [5.74, 6) is 0.427. The number of halogens is 2. The Morgan fingerprint density at radius 2 is 2.29 bits per heavy atom. The number of nitrogens with zero attached hydrogens (tertiary/aromatic N) is 1. The number of rotatable bonds is 5. The van der Waals surface area contributed by atoms with Crippen LogP contribution < -0.4 is 5.32 Å². The van der Waals surface area contributed by atoms with Crippen LogP contribution in [0.3, 0.4) is 0 Å². The average Bonchev–Trinajstić information content (AvgIpc) is 2.27. The summed E-state index contributed by atoms with van der Waals surface area (Å²) >= 11 is 9.01. The summed E-state index contributed by atoms with van der Waals surface area (Å²) in [6, 6.07) is 3.57. The van der Waals surface area contributed by atoms with Gasteiger partial charge in [0.15, 0.2) is 0 Å². The fourth-order valence-electron chi connectivity index (χ4n) is 1.30. The van der Waals surface area contributed by atoms with Gasteiger partial charge < -0.3 is 5.32 Å². The van der Waals surface area contributed by atoms with Gasteiger partial charge >= 0.3 is 0 Å². The number of amides is 1. The predicted octanol–water partition coefficient (Wildman–Crippen LogP) is 3.23. The van der Waals surface area contributed by atoms with Crippen molar-refractivity contribution >= 4 is 33.4 Å². The van der Waals surface area contributed by atoms with Gasteiger partial charge in [-0.05, 0) is 39.9 Å². The minimum Gasteiger partial charge on any atom is -0.350 e. The number of hydrogen-bond donors (Lipinski definition) is 1. The van der Waals surface area contributed by atoms with Crippen molar-refractivity contribution in [3.8, 4) is 0 Å². The maximum atomic E-state index is 11.9. The molecule has 1 aromatic rings. The molecule has 94 valence electrons. The highest BCUT2D eigenvalue weighted by Crippen LogP contribution is 2.20. The highest BCUT2D eigenvalue weighted by Gasteiger charge is 2.19. The smallest absolute Gasteiger partial charge is 0.271 e. The minimum atomic E-state index is -0.167. The van der Waals surface area contributed by atoms with Gasteiger partial charge in [-0.2, -0.15) is 0 Å². The van der Waals surface area contributed by atoms with Crippen LogP contribution in [-0.2, 0) is 0 Å². The molecule has 1 rings (SSSR count). The standard InChI is InChI=1S/C12H16BrClN2O/c1-12(2,5-6-14)8-16-11(17)10-9(13)4-3-7-15-10/h3-4,7H,5-6,8H2,1-2H3,(H,16,17). The van der Waals surface area contributed by atoms with Crippen LogP contribution in [0.2, 0.25) is 0 Å². The van der Waals surface area contributed by atoms with E-state index in [0.29, 0.717) is 22.6 Å². The lowest BCUT2D eigenvalue weighted by molar-refractivity contribution is 0.0930. The van der Waals surface area contributed by atoms with E-state index in [0.717, 1.165) is 6.42 Å². The first-order valence-electron chi connectivity index (χ1n) is 5.41. The molecule has 5 heteroatoms. The Hall–Kier alpha value is -0.610. The monoisotopic (exact) mass is 318 g/mol. The van der Waals surface area contributed by atoms with Gasteiger partial charge in [-0.1, -0.05) is 13.8 Å². The van der Waals surface area contributed by atoms with Crippen LogP contribution in [0.1, 0.15) is 30.8 Å². The first-order valence-corrected chi connectivity index (χ1v) is 6.74. The second-order valence-corrected chi connectivity index (χ2v) is 5.85. The zero-order valence-corrected chi connectivity index (χ0v) is 12.3. The minimum absolute atomic E-state index is 0.00132. The van der Waals surface area contributed by atoms with Crippen molar-refractivity contribution in [2.45, 2.75) is 20.3 Å². The number of aromatic nitrogens is 1. The third-order valence-corrected chi connectivity index (χ3v) is 3.30. The fourth-order valence-corrected chi connectivity index (χ4v) is 2.25. The van der Waals surface area contributed by atoms with E-state index in [1.807, 2.05) is 0 Å². The molecular formula is C12H16BrClN2O. The van der Waals surface area contributed by atoms with Gasteiger partial charge in [0, 0.05) is 23.1 Å². The van der Waals surface area contributed by atoms with Gasteiger partial charge in [-0.15, -0.1) is 11.6 Å². The Kier molecular flexibility index (Phi) is 5.40. The molecule has 0 radical (unpaired) electrons. The van der Waals surface area contributed by atoms with Crippen molar-refractivity contribution in [2.24, 2.45) is 5.41 Å². The van der Waals surface area contributed by atoms with Crippen LogP contribution in [0.25, 0.3) is 0 Å². The second-order valence-electron chi connectivity index (χ2n) is 4.62. The second kappa shape index (κ2) is 6.36. The lowest BCUT2D eigenvalue weighted by atomic mass is 9.90. The number of pyridine rings is 1. The first-order chi connectivity index (χ1) is 7.96. The quantitative estimate of drug-likeness (QED) is 0.847. The fraction of sp³-hybridized carbons (Fsp3) is 0.500. The summed E-state index contributed by atoms with van der Waals surface area (Å²) in [4.78, 5) is 15.9. The molecule has 0 saturated carbocycles. The average molecular weight is 320 g/mol. The van der Waals surface area contributed by atoms with E-state index in [1.165, 1.54) is 0 Å². The maximum Gasteiger partial charge on any atom is 0.271 e. The SMILES string of the molecule is CC(C)(CCCl)CNC(=O)c1ncccc1Br. The summed E-state index contributed by atoms with van der Waals surface area (Å²) in [7, 11) is 0. The largest absolute Gasteiger partial charge is 0.350 e. The summed E-state index contributed by atoms with van der Waals surface area (Å²) in [5, 5.41) is 2.87. The molecule has 0 atom stereocenters.